The van der Waals surface area contributed by atoms with Crippen LogP contribution in [0.3, 0.4) is 0 Å². The number of hydrogen-bond acceptors (Lipinski definition) is 4. The van der Waals surface area contributed by atoms with Gasteiger partial charge in [-0.3, -0.25) is 4.79 Å². The van der Waals surface area contributed by atoms with Crippen LogP contribution in [0.4, 0.5) is 0 Å². The van der Waals surface area contributed by atoms with E-state index in [2.05, 4.69) is 15.3 Å². The summed E-state index contributed by atoms with van der Waals surface area (Å²) in [5.74, 6) is 0.503. The molecule has 0 aliphatic carbocycles. The molecule has 1 amide bonds. The first-order valence-electron chi connectivity index (χ1n) is 6.83. The monoisotopic (exact) mass is 382 g/mol. The Kier molecular flexibility index (Phi) is 9.49. The summed E-state index contributed by atoms with van der Waals surface area (Å²) in [5.41, 5.74) is 7.30. The summed E-state index contributed by atoms with van der Waals surface area (Å²) in [6.07, 6.45) is 0.576. The van der Waals surface area contributed by atoms with Crippen LogP contribution in [-0.2, 0) is 11.2 Å². The van der Waals surface area contributed by atoms with Gasteiger partial charge in [-0.25, -0.2) is 4.98 Å². The zero-order valence-corrected chi connectivity index (χ0v) is 15.0. The number of H-pyrrole nitrogens is 1. The summed E-state index contributed by atoms with van der Waals surface area (Å²) in [5, 5.41) is 12.6. The molecule has 0 fully saturated rings. The first-order valence-corrected chi connectivity index (χ1v) is 7.20. The van der Waals surface area contributed by atoms with Crippen LogP contribution in [0.25, 0.3) is 11.0 Å². The van der Waals surface area contributed by atoms with Crippen molar-refractivity contribution in [2.24, 2.45) is 5.73 Å². The zero-order valence-electron chi connectivity index (χ0n) is 12.6. The Morgan fingerprint density at radius 2 is 2.17 bits per heavy atom. The lowest BCUT2D eigenvalue weighted by atomic mass is 10.2. The smallest absolute Gasteiger partial charge is 0.239 e. The van der Waals surface area contributed by atoms with Crippen LogP contribution < -0.4 is 11.1 Å². The number of aromatic nitrogens is 2. The third-order valence-corrected chi connectivity index (χ3v) is 3.44. The van der Waals surface area contributed by atoms with Crippen LogP contribution in [0, 0.1) is 0 Å². The summed E-state index contributed by atoms with van der Waals surface area (Å²) >= 11 is 5.92. The molecule has 2 aromatic rings. The number of carbonyl (C=O) groups is 1. The molecule has 1 aromatic carbocycles. The van der Waals surface area contributed by atoms with Gasteiger partial charge >= 0.3 is 0 Å². The van der Waals surface area contributed by atoms with E-state index in [9.17, 15) is 9.90 Å². The molecule has 23 heavy (non-hydrogen) atoms. The average Bonchev–Trinajstić information content (AvgIpc) is 2.84. The molecule has 6 nitrogen and oxygen atoms in total. The fraction of sp³-hybridized carbons (Fsp3) is 0.429. The minimum Gasteiger partial charge on any atom is -0.391 e. The topological polar surface area (TPSA) is 104 Å². The molecule has 0 aliphatic heterocycles. The van der Waals surface area contributed by atoms with Gasteiger partial charge in [0.05, 0.1) is 17.1 Å². The maximum Gasteiger partial charge on any atom is 0.239 e. The molecule has 5 N–H and O–H groups in total. The molecule has 0 spiro atoms. The number of halogens is 3. The van der Waals surface area contributed by atoms with Crippen LogP contribution in [0.1, 0.15) is 19.2 Å². The number of rotatable bonds is 6. The molecule has 0 radical (unpaired) electrons. The predicted octanol–water partition coefficient (Wildman–Crippen LogP) is 1.82. The molecule has 0 aliphatic rings. The molecule has 0 unspecified atom stereocenters. The van der Waals surface area contributed by atoms with Gasteiger partial charge in [-0.15, -0.1) is 24.8 Å². The van der Waals surface area contributed by atoms with Crippen molar-refractivity contribution in [3.8, 4) is 0 Å². The largest absolute Gasteiger partial charge is 0.391 e. The Morgan fingerprint density at radius 1 is 1.48 bits per heavy atom. The summed E-state index contributed by atoms with van der Waals surface area (Å²) in [6.45, 7) is 1.97. The second-order valence-electron chi connectivity index (χ2n) is 5.01. The molecule has 0 saturated heterocycles. The maximum atomic E-state index is 11.5. The third-order valence-electron chi connectivity index (χ3n) is 3.21. The highest BCUT2D eigenvalue weighted by Crippen LogP contribution is 2.17. The van der Waals surface area contributed by atoms with Gasteiger partial charge in [-0.05, 0) is 31.5 Å². The molecule has 1 heterocycles. The van der Waals surface area contributed by atoms with E-state index < -0.39 is 12.1 Å². The van der Waals surface area contributed by atoms with Crippen molar-refractivity contribution < 1.29 is 9.90 Å². The molecule has 2 atom stereocenters. The molecular formula is C14H21Cl3N4O2. The van der Waals surface area contributed by atoms with Gasteiger partial charge in [0, 0.05) is 18.0 Å². The fourth-order valence-electron chi connectivity index (χ4n) is 1.96. The van der Waals surface area contributed by atoms with Gasteiger partial charge in [0.2, 0.25) is 5.91 Å². The number of fused-ring (bicyclic) bond motifs is 1. The number of hydrogen-bond donors (Lipinski definition) is 4. The first-order chi connectivity index (χ1) is 9.97. The Labute approximate surface area is 152 Å². The van der Waals surface area contributed by atoms with Crippen LogP contribution in [0.2, 0.25) is 5.02 Å². The van der Waals surface area contributed by atoms with E-state index >= 15 is 0 Å². The number of aromatic amines is 1. The van der Waals surface area contributed by atoms with E-state index in [0.29, 0.717) is 18.0 Å². The van der Waals surface area contributed by atoms with Gasteiger partial charge in [0.1, 0.15) is 11.9 Å². The molecule has 130 valence electrons. The van der Waals surface area contributed by atoms with Crippen molar-refractivity contribution in [2.75, 3.05) is 6.54 Å². The van der Waals surface area contributed by atoms with Crippen molar-refractivity contribution in [2.45, 2.75) is 31.9 Å². The lowest BCUT2D eigenvalue weighted by molar-refractivity contribution is -0.124. The van der Waals surface area contributed by atoms with Crippen molar-refractivity contribution in [1.29, 1.82) is 0 Å². The van der Waals surface area contributed by atoms with Crippen molar-refractivity contribution in [3.63, 3.8) is 0 Å². The minimum atomic E-state index is -0.890. The maximum absolute atomic E-state index is 11.5. The van der Waals surface area contributed by atoms with Crippen molar-refractivity contribution >= 4 is 53.4 Å². The summed E-state index contributed by atoms with van der Waals surface area (Å²) < 4.78 is 0. The standard InChI is InChI=1S/C14H19ClN4O2.2ClH/c1-8(20)13(16)14(21)17-6-2-3-12-18-10-5-4-9(15)7-11(10)19-12;;/h4-5,7-8,13,20H,2-3,6,16H2,1H3,(H,17,21)(H,18,19);2*1H/t8-,13+;;/m1../s1. The Balaban J connectivity index is 0.00000242. The predicted molar refractivity (Wildman–Crippen MR) is 96.6 cm³/mol. The zero-order chi connectivity index (χ0) is 15.4. The van der Waals surface area contributed by atoms with E-state index in [4.69, 9.17) is 17.3 Å². The average molecular weight is 384 g/mol. The van der Waals surface area contributed by atoms with Crippen LogP contribution in [-0.4, -0.2) is 39.7 Å². The van der Waals surface area contributed by atoms with E-state index in [0.717, 1.165) is 23.3 Å². The number of nitrogens with two attached hydrogens (primary N) is 1. The molecule has 1 aromatic heterocycles. The van der Waals surface area contributed by atoms with Gasteiger partial charge in [-0.1, -0.05) is 11.6 Å². The molecule has 2 rings (SSSR count). The highest BCUT2D eigenvalue weighted by molar-refractivity contribution is 6.31. The van der Waals surface area contributed by atoms with Crippen LogP contribution >= 0.6 is 36.4 Å². The van der Waals surface area contributed by atoms with Gasteiger partial charge < -0.3 is 21.1 Å². The first kappa shape index (κ1) is 21.9. The van der Waals surface area contributed by atoms with Gasteiger partial charge in [0.25, 0.3) is 0 Å². The third kappa shape index (κ3) is 6.16. The second-order valence-corrected chi connectivity index (χ2v) is 5.44. The highest BCUT2D eigenvalue weighted by atomic mass is 35.5. The van der Waals surface area contributed by atoms with Crippen molar-refractivity contribution in [3.05, 3.63) is 29.0 Å². The SMILES string of the molecule is C[C@@H](O)[C@H](N)C(=O)NCCCc1nc2ccc(Cl)cc2[nH]1.Cl.Cl. The Morgan fingerprint density at radius 3 is 2.83 bits per heavy atom. The van der Waals surface area contributed by atoms with E-state index in [1.54, 1.807) is 6.07 Å². The van der Waals surface area contributed by atoms with Gasteiger partial charge in [-0.2, -0.15) is 0 Å². The number of amides is 1. The Bertz CT molecular complexity index is 634. The van der Waals surface area contributed by atoms with E-state index in [1.807, 2.05) is 12.1 Å². The summed E-state index contributed by atoms with van der Waals surface area (Å²) in [7, 11) is 0. The number of imidazole rings is 1. The Hall–Kier alpha value is -1.05. The summed E-state index contributed by atoms with van der Waals surface area (Å²) in [6, 6.07) is 4.60. The molecule has 0 saturated carbocycles. The normalized spacial score (nSPS) is 12.9. The second kappa shape index (κ2) is 9.95. The number of nitrogens with one attached hydrogen (secondary N) is 2. The number of benzene rings is 1. The minimum absolute atomic E-state index is 0. The number of aliphatic hydroxyl groups excluding tert-OH is 1. The highest BCUT2D eigenvalue weighted by Gasteiger charge is 2.17. The van der Waals surface area contributed by atoms with Gasteiger partial charge in [0.15, 0.2) is 0 Å². The summed E-state index contributed by atoms with van der Waals surface area (Å²) in [4.78, 5) is 19.2. The number of aliphatic hydroxyl groups is 1. The van der Waals surface area contributed by atoms with Crippen molar-refractivity contribution in [1.82, 2.24) is 15.3 Å². The molecular weight excluding hydrogens is 363 g/mol. The number of nitrogens with zero attached hydrogens (tertiary/aromatic N) is 1. The lowest BCUT2D eigenvalue weighted by Gasteiger charge is -2.14. The number of aryl methyl sites for hydroxylation is 1. The quantitative estimate of drug-likeness (QED) is 0.571. The van der Waals surface area contributed by atoms with Crippen LogP contribution in [0.15, 0.2) is 18.2 Å². The number of carbonyl (C=O) groups excluding carboxylic acids is 1. The van der Waals surface area contributed by atoms with E-state index in [-0.39, 0.29) is 30.7 Å². The fourth-order valence-corrected chi connectivity index (χ4v) is 2.13. The van der Waals surface area contributed by atoms with Crippen LogP contribution in [0.5, 0.6) is 0 Å². The lowest BCUT2D eigenvalue weighted by Crippen LogP contribution is -2.47. The van der Waals surface area contributed by atoms with E-state index in [1.165, 1.54) is 6.92 Å². The molecule has 9 heteroatoms. The molecule has 0 bridgehead atoms.